The minimum atomic E-state index is -0.325. The Morgan fingerprint density at radius 2 is 1.88 bits per heavy atom. The number of aryl methyl sites for hydroxylation is 2. The number of hydrogen-bond acceptors (Lipinski definition) is 11. The number of nitrogens with two attached hydrogens (primary N) is 1. The number of aromatic nitrogens is 3. The zero-order valence-electron chi connectivity index (χ0n) is 23.8. The number of ether oxygens (including phenoxy) is 2. The van der Waals surface area contributed by atoms with E-state index in [-0.39, 0.29) is 30.2 Å². The van der Waals surface area contributed by atoms with E-state index in [1.54, 1.807) is 29.5 Å². The Morgan fingerprint density at radius 1 is 1.07 bits per heavy atom. The third kappa shape index (κ3) is 7.11. The van der Waals surface area contributed by atoms with Crippen molar-refractivity contribution in [3.8, 4) is 17.1 Å². The van der Waals surface area contributed by atoms with Gasteiger partial charge in [0.25, 0.3) is 5.91 Å². The van der Waals surface area contributed by atoms with Gasteiger partial charge in [-0.05, 0) is 67.6 Å². The molecule has 11 nitrogen and oxygen atoms in total. The van der Waals surface area contributed by atoms with Crippen molar-refractivity contribution in [1.29, 1.82) is 0 Å². The fourth-order valence-electron chi connectivity index (χ4n) is 5.32. The van der Waals surface area contributed by atoms with Crippen molar-refractivity contribution in [2.24, 2.45) is 0 Å². The molecule has 1 saturated heterocycles. The predicted octanol–water partition coefficient (Wildman–Crippen LogP) is 4.26. The van der Waals surface area contributed by atoms with Gasteiger partial charge in [0.15, 0.2) is 5.82 Å². The largest absolute Gasteiger partial charge is 0.492 e. The molecule has 0 radical (unpaired) electrons. The van der Waals surface area contributed by atoms with Crippen molar-refractivity contribution in [2.45, 2.75) is 32.3 Å². The smallest absolute Gasteiger partial charge is 0.265 e. The lowest BCUT2D eigenvalue weighted by atomic mass is 9.99. The number of carbonyl (C=O) groups is 1. The quantitative estimate of drug-likeness (QED) is 0.208. The van der Waals surface area contributed by atoms with Crippen LogP contribution < -0.4 is 21.1 Å². The van der Waals surface area contributed by atoms with Gasteiger partial charge < -0.3 is 30.9 Å². The lowest BCUT2D eigenvalue weighted by molar-refractivity contribution is 0.0322. The van der Waals surface area contributed by atoms with Crippen LogP contribution in [0.3, 0.4) is 0 Å². The summed E-state index contributed by atoms with van der Waals surface area (Å²) in [6.45, 7) is 4.52. The summed E-state index contributed by atoms with van der Waals surface area (Å²) in [7, 11) is 0. The lowest BCUT2D eigenvalue weighted by Gasteiger charge is -2.26. The third-order valence-electron chi connectivity index (χ3n) is 7.59. The number of anilines is 4. The maximum absolute atomic E-state index is 13.1. The van der Waals surface area contributed by atoms with Crippen molar-refractivity contribution in [2.75, 3.05) is 55.8 Å². The van der Waals surface area contributed by atoms with Gasteiger partial charge in [-0.1, -0.05) is 12.1 Å². The van der Waals surface area contributed by atoms with Crippen molar-refractivity contribution < 1.29 is 19.4 Å². The van der Waals surface area contributed by atoms with Gasteiger partial charge in [-0.25, -0.2) is 0 Å². The van der Waals surface area contributed by atoms with Crippen LogP contribution in [0.4, 0.5) is 23.3 Å². The lowest BCUT2D eigenvalue weighted by Crippen LogP contribution is -2.38. The van der Waals surface area contributed by atoms with Gasteiger partial charge in [0.1, 0.15) is 12.4 Å². The Morgan fingerprint density at radius 3 is 2.67 bits per heavy atom. The van der Waals surface area contributed by atoms with E-state index < -0.39 is 0 Å². The predicted molar refractivity (Wildman–Crippen MR) is 167 cm³/mol. The average Bonchev–Trinajstić information content (AvgIpc) is 3.47. The summed E-state index contributed by atoms with van der Waals surface area (Å²) in [5.74, 6) is 1.13. The Balaban J connectivity index is 1.14. The number of aliphatic hydroxyl groups is 1. The summed E-state index contributed by atoms with van der Waals surface area (Å²) in [5.41, 5.74) is 9.61. The summed E-state index contributed by atoms with van der Waals surface area (Å²) < 4.78 is 11.3. The number of carbonyl (C=O) groups excluding carboxylic acids is 1. The van der Waals surface area contributed by atoms with E-state index in [0.717, 1.165) is 70.0 Å². The molecule has 12 heteroatoms. The molecule has 3 heterocycles. The van der Waals surface area contributed by atoms with Crippen LogP contribution in [0.2, 0.25) is 0 Å². The van der Waals surface area contributed by atoms with Crippen LogP contribution in [-0.2, 0) is 24.2 Å². The second kappa shape index (κ2) is 13.5. The number of hydrogen-bond donors (Lipinski definition) is 4. The first-order valence-electron chi connectivity index (χ1n) is 14.5. The summed E-state index contributed by atoms with van der Waals surface area (Å²) >= 11 is 1.55. The first kappa shape index (κ1) is 29.0. The van der Waals surface area contributed by atoms with E-state index in [1.165, 1.54) is 10.4 Å². The molecule has 2 aromatic heterocycles. The Hall–Kier alpha value is -4.10. The number of nitrogens with one attached hydrogen (secondary N) is 2. The number of benzene rings is 2. The number of thiophene rings is 1. The second-order valence-corrected chi connectivity index (χ2v) is 11.6. The summed E-state index contributed by atoms with van der Waals surface area (Å²) in [6.07, 6.45) is 4.35. The van der Waals surface area contributed by atoms with Gasteiger partial charge >= 0.3 is 0 Å². The highest BCUT2D eigenvalue weighted by Crippen LogP contribution is 2.32. The molecule has 2 aliphatic rings. The van der Waals surface area contributed by atoms with Gasteiger partial charge in [0.05, 0.1) is 24.7 Å². The highest BCUT2D eigenvalue weighted by Gasteiger charge is 2.20. The van der Waals surface area contributed by atoms with E-state index in [0.29, 0.717) is 28.3 Å². The SMILES string of the molecule is Nc1nc(Nc2ccc(OCCN3CCOCC3)cc2)nc(-c2cccc(NC(=O)c3cc4c(s3)CCCC4)c2CO)n1. The highest BCUT2D eigenvalue weighted by atomic mass is 32.1. The van der Waals surface area contributed by atoms with Crippen molar-refractivity contribution in [3.63, 3.8) is 0 Å². The first-order chi connectivity index (χ1) is 21.1. The molecule has 2 aromatic carbocycles. The maximum Gasteiger partial charge on any atom is 0.265 e. The van der Waals surface area contributed by atoms with Gasteiger partial charge in [-0.15, -0.1) is 11.3 Å². The maximum atomic E-state index is 13.1. The Bertz CT molecular complexity index is 1550. The van der Waals surface area contributed by atoms with E-state index >= 15 is 0 Å². The normalized spacial score (nSPS) is 15.1. The summed E-state index contributed by atoms with van der Waals surface area (Å²) in [6, 6.07) is 14.8. The topological polar surface area (TPSA) is 148 Å². The van der Waals surface area contributed by atoms with E-state index in [1.807, 2.05) is 30.3 Å². The molecule has 6 rings (SSSR count). The van der Waals surface area contributed by atoms with Crippen molar-refractivity contribution in [1.82, 2.24) is 19.9 Å². The standard InChI is InChI=1S/C31H35N7O4S/c32-30-35-28(36-31(37-30)33-21-8-10-22(11-9-21)42-17-14-38-12-15-41-16-13-38)23-5-3-6-25(24(23)19-39)34-29(40)27-18-20-4-1-2-7-26(20)43-27/h3,5-6,8-11,18,39H,1-2,4,7,12-17,19H2,(H,34,40)(H3,32,33,35,36,37). The second-order valence-electron chi connectivity index (χ2n) is 10.5. The van der Waals surface area contributed by atoms with E-state index in [4.69, 9.17) is 15.2 Å². The molecule has 0 atom stereocenters. The van der Waals surface area contributed by atoms with Crippen LogP contribution in [0.25, 0.3) is 11.4 Å². The van der Waals surface area contributed by atoms with Gasteiger partial charge in [-0.3, -0.25) is 9.69 Å². The number of nitrogens with zero attached hydrogens (tertiary/aromatic N) is 4. The van der Waals surface area contributed by atoms with Crippen LogP contribution in [0.1, 0.15) is 38.5 Å². The summed E-state index contributed by atoms with van der Waals surface area (Å²) in [4.78, 5) is 30.6. The molecule has 5 N–H and O–H groups in total. The molecule has 43 heavy (non-hydrogen) atoms. The Labute approximate surface area is 254 Å². The number of morpholine rings is 1. The molecule has 1 amide bonds. The zero-order chi connectivity index (χ0) is 29.6. The zero-order valence-corrected chi connectivity index (χ0v) is 24.7. The number of nitrogen functional groups attached to an aromatic ring is 1. The molecule has 0 saturated carbocycles. The van der Waals surface area contributed by atoms with Crippen LogP contribution in [-0.4, -0.2) is 70.3 Å². The number of rotatable bonds is 10. The Kier molecular flexibility index (Phi) is 9.08. The van der Waals surface area contributed by atoms with Gasteiger partial charge in [0, 0.05) is 47.0 Å². The summed E-state index contributed by atoms with van der Waals surface area (Å²) in [5, 5.41) is 16.5. The molecule has 0 spiro atoms. The molecule has 1 aliphatic carbocycles. The molecular formula is C31H35N7O4S. The molecule has 4 aromatic rings. The third-order valence-corrected chi connectivity index (χ3v) is 8.82. The molecular weight excluding hydrogens is 566 g/mol. The number of fused-ring (bicyclic) bond motifs is 1. The fraction of sp³-hybridized carbons (Fsp3) is 0.355. The number of amides is 1. The molecule has 0 unspecified atom stereocenters. The average molecular weight is 602 g/mol. The van der Waals surface area contributed by atoms with Crippen LogP contribution in [0.5, 0.6) is 5.75 Å². The first-order valence-corrected chi connectivity index (χ1v) is 15.3. The molecule has 1 fully saturated rings. The molecule has 1 aliphatic heterocycles. The van der Waals surface area contributed by atoms with Gasteiger partial charge in [-0.2, -0.15) is 15.0 Å². The minimum absolute atomic E-state index is 0.0260. The minimum Gasteiger partial charge on any atom is -0.492 e. The van der Waals surface area contributed by atoms with Crippen LogP contribution in [0.15, 0.2) is 48.5 Å². The van der Waals surface area contributed by atoms with Crippen molar-refractivity contribution >= 4 is 40.5 Å². The highest BCUT2D eigenvalue weighted by molar-refractivity contribution is 7.14. The van der Waals surface area contributed by atoms with Crippen molar-refractivity contribution in [3.05, 3.63) is 69.4 Å². The molecule has 224 valence electrons. The number of aliphatic hydroxyl groups excluding tert-OH is 1. The van der Waals surface area contributed by atoms with E-state index in [2.05, 4.69) is 30.5 Å². The van der Waals surface area contributed by atoms with Crippen LogP contribution >= 0.6 is 11.3 Å². The van der Waals surface area contributed by atoms with E-state index in [9.17, 15) is 9.90 Å². The van der Waals surface area contributed by atoms with Gasteiger partial charge in [0.2, 0.25) is 11.9 Å². The monoisotopic (exact) mass is 601 g/mol. The van der Waals surface area contributed by atoms with Crippen LogP contribution in [0, 0.1) is 0 Å². The fourth-order valence-corrected chi connectivity index (χ4v) is 6.47. The molecule has 0 bridgehead atoms.